The van der Waals surface area contributed by atoms with Crippen molar-refractivity contribution in [3.8, 4) is 6.07 Å². The molecule has 3 aromatic rings. The lowest BCUT2D eigenvalue weighted by Gasteiger charge is -2.38. The van der Waals surface area contributed by atoms with Crippen LogP contribution < -0.4 is 10.0 Å². The fourth-order valence-electron chi connectivity index (χ4n) is 4.48. The quantitative estimate of drug-likeness (QED) is 0.493. The predicted octanol–water partition coefficient (Wildman–Crippen LogP) is 5.28. The molecule has 8 heteroatoms. The minimum Gasteiger partial charge on any atom is -0.439 e. The van der Waals surface area contributed by atoms with Gasteiger partial charge in [0.05, 0.1) is 18.2 Å². The molecule has 0 radical (unpaired) electrons. The van der Waals surface area contributed by atoms with Gasteiger partial charge in [-0.2, -0.15) is 5.26 Å². The van der Waals surface area contributed by atoms with Crippen molar-refractivity contribution >= 4 is 37.4 Å². The third-order valence-electron chi connectivity index (χ3n) is 5.95. The lowest BCUT2D eigenvalue weighted by atomic mass is 9.88. The molecule has 0 saturated heterocycles. The van der Waals surface area contributed by atoms with Crippen LogP contribution >= 0.6 is 15.9 Å². The van der Waals surface area contributed by atoms with E-state index in [1.807, 2.05) is 49.4 Å². The maximum atomic E-state index is 14.2. The fraction of sp³-hybridized carbons (Fsp3) is 0.115. The van der Waals surface area contributed by atoms with Crippen LogP contribution in [0.4, 0.5) is 5.69 Å². The van der Waals surface area contributed by atoms with Crippen molar-refractivity contribution in [3.63, 3.8) is 0 Å². The van der Waals surface area contributed by atoms with Gasteiger partial charge in [-0.15, -0.1) is 0 Å². The third-order valence-corrected chi connectivity index (χ3v) is 8.32. The molecule has 6 nitrogen and oxygen atoms in total. The van der Waals surface area contributed by atoms with E-state index in [1.54, 1.807) is 30.3 Å². The number of rotatable bonds is 3. The Morgan fingerprint density at radius 2 is 1.85 bits per heavy atom. The number of nitrogens with zero attached hydrogens (tertiary/aromatic N) is 2. The van der Waals surface area contributed by atoms with Crippen LogP contribution in [0, 0.1) is 18.3 Å². The lowest BCUT2D eigenvalue weighted by Crippen LogP contribution is -2.39. The lowest BCUT2D eigenvalue weighted by molar-refractivity contribution is 0.357. The van der Waals surface area contributed by atoms with Crippen LogP contribution in [-0.2, 0) is 21.3 Å². The molecule has 2 N–H and O–H groups in total. The van der Waals surface area contributed by atoms with E-state index in [2.05, 4.69) is 22.0 Å². The van der Waals surface area contributed by atoms with Crippen molar-refractivity contribution in [1.29, 1.82) is 5.26 Å². The van der Waals surface area contributed by atoms with E-state index in [0.717, 1.165) is 15.6 Å². The third kappa shape index (κ3) is 3.58. The molecule has 0 spiro atoms. The van der Waals surface area contributed by atoms with Gasteiger partial charge in [0.2, 0.25) is 5.88 Å². The van der Waals surface area contributed by atoms with E-state index in [-0.39, 0.29) is 28.7 Å². The highest BCUT2D eigenvalue weighted by atomic mass is 79.9. The van der Waals surface area contributed by atoms with Crippen molar-refractivity contribution in [3.05, 3.63) is 116 Å². The van der Waals surface area contributed by atoms with Crippen LogP contribution in [0.3, 0.4) is 0 Å². The molecule has 0 aliphatic carbocycles. The number of aryl methyl sites for hydroxylation is 1. The molecular weight excluding hydrogens is 514 g/mol. The van der Waals surface area contributed by atoms with E-state index >= 15 is 0 Å². The second-order valence-electron chi connectivity index (χ2n) is 8.19. The zero-order valence-corrected chi connectivity index (χ0v) is 20.6. The Balaban J connectivity index is 1.77. The Kier molecular flexibility index (Phi) is 5.47. The summed E-state index contributed by atoms with van der Waals surface area (Å²) in [5, 5.41) is 9.94. The summed E-state index contributed by atoms with van der Waals surface area (Å²) in [6.45, 7) is 2.11. The van der Waals surface area contributed by atoms with E-state index < -0.39 is 15.9 Å². The van der Waals surface area contributed by atoms with E-state index in [1.165, 1.54) is 4.31 Å². The fourth-order valence-corrected chi connectivity index (χ4v) is 6.80. The first kappa shape index (κ1) is 22.3. The minimum atomic E-state index is -4.09. The van der Waals surface area contributed by atoms with Gasteiger partial charge in [0.25, 0.3) is 10.0 Å². The molecule has 1 atom stereocenters. The van der Waals surface area contributed by atoms with Crippen molar-refractivity contribution in [2.75, 3.05) is 4.31 Å². The number of fused-ring (bicyclic) bond motifs is 2. The molecule has 0 unspecified atom stereocenters. The van der Waals surface area contributed by atoms with E-state index in [0.29, 0.717) is 16.8 Å². The van der Waals surface area contributed by atoms with Crippen LogP contribution in [0.1, 0.15) is 28.2 Å². The topological polar surface area (TPSA) is 96.4 Å². The summed E-state index contributed by atoms with van der Waals surface area (Å²) < 4.78 is 36.5. The number of anilines is 1. The first-order valence-electron chi connectivity index (χ1n) is 10.6. The van der Waals surface area contributed by atoms with E-state index in [9.17, 15) is 13.7 Å². The average Bonchev–Trinajstić information content (AvgIpc) is 2.81. The summed E-state index contributed by atoms with van der Waals surface area (Å²) >= 11 is 3.45. The van der Waals surface area contributed by atoms with Crippen LogP contribution in [0.5, 0.6) is 0 Å². The Morgan fingerprint density at radius 1 is 1.09 bits per heavy atom. The molecule has 0 aromatic heterocycles. The summed E-state index contributed by atoms with van der Waals surface area (Å²) in [6, 6.07) is 24.2. The summed E-state index contributed by atoms with van der Waals surface area (Å²) in [6.07, 6.45) is 0. The number of nitrogens with two attached hydrogens (primary N) is 1. The standard InChI is InChI=1S/C26H20BrN3O3S/c1-16-6-4-7-17(12-16)15-30-22-11-3-2-10-20(22)24-25(34(30,31)32)23(21(14-28)26(29)33-24)18-8-5-9-19(27)13-18/h2-13,23H,15,29H2,1H3/t23-/m1/s1. The van der Waals surface area contributed by atoms with Gasteiger partial charge in [-0.05, 0) is 42.3 Å². The first-order chi connectivity index (χ1) is 16.3. The first-order valence-corrected chi connectivity index (χ1v) is 12.8. The number of benzene rings is 3. The van der Waals surface area contributed by atoms with Gasteiger partial charge in [0.15, 0.2) is 5.76 Å². The van der Waals surface area contributed by atoms with Gasteiger partial charge in [0, 0.05) is 10.0 Å². The van der Waals surface area contributed by atoms with Gasteiger partial charge in [-0.1, -0.05) is 70.0 Å². The summed E-state index contributed by atoms with van der Waals surface area (Å²) in [5.74, 6) is -0.828. The molecule has 5 rings (SSSR count). The Morgan fingerprint density at radius 3 is 2.59 bits per heavy atom. The molecule has 2 aliphatic rings. The smallest absolute Gasteiger partial charge is 0.265 e. The second-order valence-corrected chi connectivity index (χ2v) is 10.9. The zero-order valence-electron chi connectivity index (χ0n) is 18.2. The number of sulfonamides is 1. The largest absolute Gasteiger partial charge is 0.439 e. The van der Waals surface area contributed by atoms with Gasteiger partial charge in [-0.3, -0.25) is 4.31 Å². The van der Waals surface area contributed by atoms with Gasteiger partial charge >= 0.3 is 0 Å². The number of hydrogen-bond acceptors (Lipinski definition) is 5. The van der Waals surface area contributed by atoms with Crippen molar-refractivity contribution in [2.24, 2.45) is 5.73 Å². The molecule has 0 amide bonds. The number of hydrogen-bond donors (Lipinski definition) is 1. The highest BCUT2D eigenvalue weighted by Gasteiger charge is 2.47. The summed E-state index contributed by atoms with van der Waals surface area (Å²) in [5.41, 5.74) is 9.86. The normalized spacial score (nSPS) is 18.6. The maximum Gasteiger partial charge on any atom is 0.265 e. The molecule has 2 heterocycles. The Labute approximate surface area is 206 Å². The Hall–Kier alpha value is -3.54. The zero-order chi connectivity index (χ0) is 24.0. The molecular formula is C26H20BrN3O3S. The molecule has 34 heavy (non-hydrogen) atoms. The number of para-hydroxylation sites is 1. The second kappa shape index (κ2) is 8.35. The number of allylic oxidation sites excluding steroid dienone is 2. The number of ether oxygens (including phenoxy) is 1. The van der Waals surface area contributed by atoms with Crippen LogP contribution in [0.25, 0.3) is 5.76 Å². The number of halogens is 1. The van der Waals surface area contributed by atoms with Crippen molar-refractivity contribution < 1.29 is 13.2 Å². The molecule has 0 fully saturated rings. The van der Waals surface area contributed by atoms with Crippen molar-refractivity contribution in [2.45, 2.75) is 19.4 Å². The van der Waals surface area contributed by atoms with Crippen LogP contribution in [-0.4, -0.2) is 8.42 Å². The Bertz CT molecular complexity index is 1540. The molecule has 2 aliphatic heterocycles. The SMILES string of the molecule is Cc1cccc(CN2c3ccccc3C3=C([C@H](c4cccc(Br)c4)C(C#N)=C(N)O3)S2(=O)=O)c1. The summed E-state index contributed by atoms with van der Waals surface area (Å²) in [7, 11) is -4.09. The summed E-state index contributed by atoms with van der Waals surface area (Å²) in [4.78, 5) is 0.0164. The van der Waals surface area contributed by atoms with Gasteiger partial charge in [0.1, 0.15) is 16.5 Å². The predicted molar refractivity (Wildman–Crippen MR) is 134 cm³/mol. The molecule has 0 saturated carbocycles. The average molecular weight is 534 g/mol. The molecule has 0 bridgehead atoms. The highest BCUT2D eigenvalue weighted by Crippen LogP contribution is 2.51. The van der Waals surface area contributed by atoms with Gasteiger partial charge in [-0.25, -0.2) is 8.42 Å². The van der Waals surface area contributed by atoms with Gasteiger partial charge < -0.3 is 10.5 Å². The van der Waals surface area contributed by atoms with Crippen LogP contribution in [0.2, 0.25) is 0 Å². The maximum absolute atomic E-state index is 14.2. The highest BCUT2D eigenvalue weighted by molar-refractivity contribution is 9.10. The van der Waals surface area contributed by atoms with Crippen molar-refractivity contribution in [1.82, 2.24) is 0 Å². The monoisotopic (exact) mass is 533 g/mol. The molecule has 170 valence electrons. The van der Waals surface area contributed by atoms with Crippen LogP contribution in [0.15, 0.2) is 93.6 Å². The number of nitriles is 1. The molecule has 3 aromatic carbocycles. The van der Waals surface area contributed by atoms with E-state index in [4.69, 9.17) is 10.5 Å². The minimum absolute atomic E-state index is 0.0164.